The molecule has 2 aliphatic heterocycles. The van der Waals surface area contributed by atoms with Crippen LogP contribution in [0.1, 0.15) is 24.2 Å². The Morgan fingerprint density at radius 1 is 1.10 bits per heavy atom. The summed E-state index contributed by atoms with van der Waals surface area (Å²) >= 11 is 0. The van der Waals surface area contributed by atoms with E-state index in [-0.39, 0.29) is 11.4 Å². The van der Waals surface area contributed by atoms with E-state index in [0.717, 1.165) is 29.7 Å². The first kappa shape index (κ1) is 19.0. The molecule has 4 heterocycles. The second-order valence-corrected chi connectivity index (χ2v) is 7.08. The van der Waals surface area contributed by atoms with Gasteiger partial charge in [0.2, 0.25) is 0 Å². The molecule has 0 radical (unpaired) electrons. The van der Waals surface area contributed by atoms with E-state index in [9.17, 15) is 8.78 Å². The van der Waals surface area contributed by atoms with E-state index in [0.29, 0.717) is 29.4 Å². The van der Waals surface area contributed by atoms with Gasteiger partial charge >= 0.3 is 0 Å². The third-order valence-corrected chi connectivity index (χ3v) is 4.90. The number of nitrogens with zero attached hydrogens (tertiary/aromatic N) is 6. The molecule has 2 aliphatic rings. The number of aromatic amines is 1. The highest BCUT2D eigenvalue weighted by atomic mass is 19.2. The van der Waals surface area contributed by atoms with Gasteiger partial charge in [-0.05, 0) is 19.1 Å². The fraction of sp³-hybridized carbons (Fsp3) is 0.190. The fourth-order valence-electron chi connectivity index (χ4n) is 3.34. The van der Waals surface area contributed by atoms with Crippen LogP contribution >= 0.6 is 0 Å². The monoisotopic (exact) mass is 421 g/mol. The average molecular weight is 421 g/mol. The largest absolute Gasteiger partial charge is 0.359 e. The van der Waals surface area contributed by atoms with Crippen LogP contribution in [0.15, 0.2) is 41.2 Å². The number of aryl methyl sites for hydroxylation is 2. The molecule has 5 rings (SSSR count). The molecule has 31 heavy (non-hydrogen) atoms. The van der Waals surface area contributed by atoms with Gasteiger partial charge in [0.15, 0.2) is 23.2 Å². The molecule has 3 aromatic rings. The third kappa shape index (κ3) is 3.45. The van der Waals surface area contributed by atoms with Crippen molar-refractivity contribution in [3.63, 3.8) is 0 Å². The van der Waals surface area contributed by atoms with Crippen molar-refractivity contribution in [3.8, 4) is 34.2 Å². The van der Waals surface area contributed by atoms with Gasteiger partial charge in [0.05, 0.1) is 18.0 Å². The van der Waals surface area contributed by atoms with E-state index in [1.54, 1.807) is 10.9 Å². The number of fused-ring (bicyclic) bond motifs is 1. The minimum absolute atomic E-state index is 0.00319. The lowest BCUT2D eigenvalue weighted by atomic mass is 10.2. The summed E-state index contributed by atoms with van der Waals surface area (Å²) in [7, 11) is 0. The summed E-state index contributed by atoms with van der Waals surface area (Å²) in [4.78, 5) is 16.3. The Balaban J connectivity index is 1.42. The lowest BCUT2D eigenvalue weighted by Crippen LogP contribution is -2.04. The summed E-state index contributed by atoms with van der Waals surface area (Å²) in [5.41, 5.74) is 3.30. The molecule has 2 aromatic heterocycles. The predicted octanol–water partition coefficient (Wildman–Crippen LogP) is 4.02. The van der Waals surface area contributed by atoms with Crippen LogP contribution in [0, 0.1) is 18.6 Å². The van der Waals surface area contributed by atoms with Gasteiger partial charge in [-0.2, -0.15) is 5.10 Å². The van der Waals surface area contributed by atoms with Crippen LogP contribution in [0.5, 0.6) is 0 Å². The molecule has 0 saturated carbocycles. The first-order valence-electron chi connectivity index (χ1n) is 9.68. The van der Waals surface area contributed by atoms with Crippen LogP contribution in [0.25, 0.3) is 34.2 Å². The summed E-state index contributed by atoms with van der Waals surface area (Å²) in [6.07, 6.45) is 3.99. The van der Waals surface area contributed by atoms with Crippen molar-refractivity contribution in [2.45, 2.75) is 26.8 Å². The zero-order valence-electron chi connectivity index (χ0n) is 16.7. The molecule has 0 amide bonds. The molecular formula is C21H17F2N7O. The number of rotatable bonds is 5. The summed E-state index contributed by atoms with van der Waals surface area (Å²) in [6.45, 7) is 4.27. The fourth-order valence-corrected chi connectivity index (χ4v) is 3.34. The highest BCUT2D eigenvalue weighted by molar-refractivity contribution is 5.65. The van der Waals surface area contributed by atoms with Gasteiger partial charge < -0.3 is 9.51 Å². The maximum Gasteiger partial charge on any atom is 0.169 e. The Hall–Kier alpha value is -3.95. The molecule has 1 aromatic carbocycles. The van der Waals surface area contributed by atoms with Crippen LogP contribution in [-0.2, 0) is 13.0 Å². The zero-order chi connectivity index (χ0) is 21.5. The van der Waals surface area contributed by atoms with E-state index >= 15 is 0 Å². The molecule has 0 atom stereocenters. The van der Waals surface area contributed by atoms with E-state index in [1.807, 2.05) is 19.9 Å². The molecule has 0 saturated heterocycles. The number of aromatic nitrogens is 7. The quantitative estimate of drug-likeness (QED) is 0.460. The van der Waals surface area contributed by atoms with Gasteiger partial charge in [0.1, 0.15) is 35.1 Å². The number of nitrogens with one attached hydrogen (secondary N) is 1. The van der Waals surface area contributed by atoms with E-state index < -0.39 is 11.6 Å². The lowest BCUT2D eigenvalue weighted by Gasteiger charge is -2.03. The Morgan fingerprint density at radius 3 is 2.74 bits per heavy atom. The number of benzene rings is 1. The average Bonchev–Trinajstić information content (AvgIpc) is 3.47. The summed E-state index contributed by atoms with van der Waals surface area (Å²) in [5.74, 6) is -0.345. The number of hydrogen-bond donors (Lipinski definition) is 1. The Labute approximate surface area is 175 Å². The number of hydrogen-bond acceptors (Lipinski definition) is 6. The van der Waals surface area contributed by atoms with Crippen molar-refractivity contribution in [3.05, 3.63) is 65.6 Å². The smallest absolute Gasteiger partial charge is 0.169 e. The number of imidazole rings is 2. The maximum absolute atomic E-state index is 14.1. The van der Waals surface area contributed by atoms with Crippen LogP contribution in [0.4, 0.5) is 8.78 Å². The summed E-state index contributed by atoms with van der Waals surface area (Å²) in [5, 5.41) is 8.41. The van der Waals surface area contributed by atoms with Gasteiger partial charge in [-0.25, -0.2) is 23.7 Å². The third-order valence-electron chi connectivity index (χ3n) is 4.90. The molecule has 1 N–H and O–H groups in total. The van der Waals surface area contributed by atoms with Crippen LogP contribution in [-0.4, -0.2) is 34.9 Å². The Bertz CT molecular complexity index is 1350. The van der Waals surface area contributed by atoms with Gasteiger partial charge in [-0.1, -0.05) is 18.1 Å². The van der Waals surface area contributed by atoms with Gasteiger partial charge in [-0.15, -0.1) is 0 Å². The predicted molar refractivity (Wildman–Crippen MR) is 107 cm³/mol. The second-order valence-electron chi connectivity index (χ2n) is 7.08. The second kappa shape index (κ2) is 7.38. The molecule has 0 aliphatic carbocycles. The first-order valence-corrected chi connectivity index (χ1v) is 9.68. The SMILES string of the molecule is CCc1nc(-c2cc(Cn3cc4nc(-c5cccc(F)c5F)nc-4cn3)on2)c(C)[nH]1. The molecule has 0 spiro atoms. The van der Waals surface area contributed by atoms with Crippen molar-refractivity contribution < 1.29 is 13.3 Å². The van der Waals surface area contributed by atoms with Crippen molar-refractivity contribution >= 4 is 0 Å². The van der Waals surface area contributed by atoms with E-state index in [1.165, 1.54) is 18.3 Å². The van der Waals surface area contributed by atoms with Crippen LogP contribution in [0.3, 0.4) is 0 Å². The molecule has 10 heteroatoms. The van der Waals surface area contributed by atoms with E-state index in [4.69, 9.17) is 4.52 Å². The first-order chi connectivity index (χ1) is 15.0. The van der Waals surface area contributed by atoms with Crippen molar-refractivity contribution in [1.82, 2.24) is 34.9 Å². The number of H-pyrrole nitrogens is 1. The molecule has 0 unspecified atom stereocenters. The molecule has 0 bridgehead atoms. The van der Waals surface area contributed by atoms with Gasteiger partial charge in [0, 0.05) is 18.2 Å². The summed E-state index contributed by atoms with van der Waals surface area (Å²) < 4.78 is 34.7. The van der Waals surface area contributed by atoms with Crippen molar-refractivity contribution in [1.29, 1.82) is 0 Å². The standard InChI is InChI=1S/C21H17F2N7O/c1-3-18-25-11(2)20(28-18)15-7-12(31-29-15)9-30-10-17-16(8-24-30)26-21(27-17)13-5-4-6-14(22)19(13)23/h4-8,10H,3,9H2,1-2H3,(H,25,28). The highest BCUT2D eigenvalue weighted by Gasteiger charge is 2.19. The molecular weight excluding hydrogens is 404 g/mol. The topological polar surface area (TPSA) is 98.3 Å². The van der Waals surface area contributed by atoms with Crippen molar-refractivity contribution in [2.75, 3.05) is 0 Å². The minimum atomic E-state index is -0.979. The highest BCUT2D eigenvalue weighted by Crippen LogP contribution is 2.27. The Kier molecular flexibility index (Phi) is 4.54. The minimum Gasteiger partial charge on any atom is -0.359 e. The Morgan fingerprint density at radius 2 is 1.94 bits per heavy atom. The lowest BCUT2D eigenvalue weighted by molar-refractivity contribution is 0.372. The molecule has 156 valence electrons. The molecule has 0 fully saturated rings. The normalized spacial score (nSPS) is 11.5. The van der Waals surface area contributed by atoms with Crippen molar-refractivity contribution in [2.24, 2.45) is 0 Å². The molecule has 8 nitrogen and oxygen atoms in total. The van der Waals surface area contributed by atoms with E-state index in [2.05, 4.69) is 30.2 Å². The van der Waals surface area contributed by atoms with Gasteiger partial charge in [0.25, 0.3) is 0 Å². The number of halogens is 2. The van der Waals surface area contributed by atoms with Gasteiger partial charge in [-0.3, -0.25) is 4.68 Å². The maximum atomic E-state index is 14.1. The van der Waals surface area contributed by atoms with Crippen LogP contribution < -0.4 is 0 Å². The summed E-state index contributed by atoms with van der Waals surface area (Å²) in [6, 6.07) is 5.71. The van der Waals surface area contributed by atoms with Crippen LogP contribution in [0.2, 0.25) is 0 Å². The zero-order valence-corrected chi connectivity index (χ0v) is 16.7.